The first-order valence-electron chi connectivity index (χ1n) is 7.25. The van der Waals surface area contributed by atoms with Gasteiger partial charge in [0.1, 0.15) is 0 Å². The maximum atomic E-state index is 10.5. The molecule has 3 N–H and O–H groups in total. The van der Waals surface area contributed by atoms with Gasteiger partial charge >= 0.3 is 0 Å². The Labute approximate surface area is 114 Å². The van der Waals surface area contributed by atoms with Crippen molar-refractivity contribution in [1.29, 1.82) is 0 Å². The van der Waals surface area contributed by atoms with Crippen LogP contribution in [-0.4, -0.2) is 11.7 Å². The summed E-state index contributed by atoms with van der Waals surface area (Å²) in [6, 6.07) is 2.24. The fourth-order valence-electron chi connectivity index (χ4n) is 2.84. The highest BCUT2D eigenvalue weighted by molar-refractivity contribution is 7.12. The molecule has 102 valence electrons. The van der Waals surface area contributed by atoms with E-state index in [0.717, 1.165) is 17.7 Å². The van der Waals surface area contributed by atoms with Gasteiger partial charge in [0.15, 0.2) is 0 Å². The molecular weight excluding hydrogens is 242 g/mol. The maximum Gasteiger partial charge on any atom is 0.0922 e. The summed E-state index contributed by atoms with van der Waals surface area (Å²) in [6.45, 7) is 2.73. The second-order valence-corrected chi connectivity index (χ2v) is 6.56. The molecule has 1 aromatic rings. The summed E-state index contributed by atoms with van der Waals surface area (Å²) in [6.07, 6.45) is 8.09. The minimum atomic E-state index is -0.355. The molecule has 2 atom stereocenters. The van der Waals surface area contributed by atoms with E-state index in [1.807, 2.05) is 11.3 Å². The summed E-state index contributed by atoms with van der Waals surface area (Å²) < 4.78 is 0. The van der Waals surface area contributed by atoms with Crippen molar-refractivity contribution in [2.75, 3.05) is 6.54 Å². The number of aliphatic hydroxyl groups excluding tert-OH is 1. The van der Waals surface area contributed by atoms with E-state index >= 15 is 0 Å². The average Bonchev–Trinajstić information content (AvgIpc) is 2.66. The van der Waals surface area contributed by atoms with Gasteiger partial charge in [0, 0.05) is 15.7 Å². The van der Waals surface area contributed by atoms with Gasteiger partial charge in [0.2, 0.25) is 0 Å². The van der Waals surface area contributed by atoms with Gasteiger partial charge in [0.05, 0.1) is 6.10 Å². The Morgan fingerprint density at radius 2 is 2.11 bits per heavy atom. The van der Waals surface area contributed by atoms with Crippen molar-refractivity contribution < 1.29 is 5.11 Å². The molecule has 1 aromatic heterocycles. The second kappa shape index (κ2) is 6.69. The van der Waals surface area contributed by atoms with Crippen molar-refractivity contribution in [3.8, 4) is 0 Å². The molecule has 0 spiro atoms. The predicted octanol–water partition coefficient (Wildman–Crippen LogP) is 3.43. The minimum absolute atomic E-state index is 0.220. The fraction of sp³-hybridized carbons (Fsp3) is 0.733. The highest BCUT2D eigenvalue weighted by Crippen LogP contribution is 2.35. The number of rotatable bonds is 5. The van der Waals surface area contributed by atoms with Crippen LogP contribution >= 0.6 is 11.3 Å². The van der Waals surface area contributed by atoms with E-state index in [1.165, 1.54) is 42.5 Å². The quantitative estimate of drug-likeness (QED) is 0.803. The zero-order valence-corrected chi connectivity index (χ0v) is 12.1. The van der Waals surface area contributed by atoms with Crippen LogP contribution < -0.4 is 5.73 Å². The van der Waals surface area contributed by atoms with Crippen LogP contribution in [0.4, 0.5) is 0 Å². The first-order valence-corrected chi connectivity index (χ1v) is 8.07. The Kier molecular flexibility index (Phi) is 5.22. The second-order valence-electron chi connectivity index (χ2n) is 5.39. The lowest BCUT2D eigenvalue weighted by Crippen LogP contribution is -2.21. The van der Waals surface area contributed by atoms with Crippen molar-refractivity contribution in [3.05, 3.63) is 21.4 Å². The fourth-order valence-corrected chi connectivity index (χ4v) is 4.18. The first-order chi connectivity index (χ1) is 8.76. The van der Waals surface area contributed by atoms with Gasteiger partial charge in [-0.15, -0.1) is 11.3 Å². The molecule has 0 aromatic carbocycles. The van der Waals surface area contributed by atoms with Crippen molar-refractivity contribution >= 4 is 11.3 Å². The minimum Gasteiger partial charge on any atom is -0.387 e. The van der Waals surface area contributed by atoms with Gasteiger partial charge in [-0.3, -0.25) is 0 Å². The molecular formula is C15H25NOS. The Morgan fingerprint density at radius 1 is 1.33 bits per heavy atom. The molecule has 0 aliphatic heterocycles. The molecule has 1 aliphatic carbocycles. The summed E-state index contributed by atoms with van der Waals surface area (Å²) in [5, 5.41) is 10.5. The van der Waals surface area contributed by atoms with Crippen molar-refractivity contribution in [1.82, 2.24) is 0 Å². The molecule has 3 heteroatoms. The van der Waals surface area contributed by atoms with Gasteiger partial charge in [-0.2, -0.15) is 0 Å². The molecule has 1 heterocycles. The summed E-state index contributed by atoms with van der Waals surface area (Å²) >= 11 is 1.82. The van der Waals surface area contributed by atoms with E-state index in [4.69, 9.17) is 5.73 Å². The molecule has 2 nitrogen and oxygen atoms in total. The van der Waals surface area contributed by atoms with Crippen LogP contribution in [0.3, 0.4) is 0 Å². The van der Waals surface area contributed by atoms with E-state index in [9.17, 15) is 5.11 Å². The molecule has 0 saturated carbocycles. The number of nitrogens with two attached hydrogens (primary N) is 1. The average molecular weight is 267 g/mol. The van der Waals surface area contributed by atoms with Gasteiger partial charge in [-0.05, 0) is 50.3 Å². The predicted molar refractivity (Wildman–Crippen MR) is 78.0 cm³/mol. The smallest absolute Gasteiger partial charge is 0.0922 e. The van der Waals surface area contributed by atoms with Crippen LogP contribution in [0, 0.1) is 5.92 Å². The lowest BCUT2D eigenvalue weighted by Gasteiger charge is -2.19. The third-order valence-corrected chi connectivity index (χ3v) is 5.27. The van der Waals surface area contributed by atoms with Gasteiger partial charge < -0.3 is 10.8 Å². The molecule has 2 rings (SSSR count). The first kappa shape index (κ1) is 14.0. The van der Waals surface area contributed by atoms with Crippen LogP contribution in [0.5, 0.6) is 0 Å². The molecule has 1 aliphatic rings. The van der Waals surface area contributed by atoms with E-state index < -0.39 is 0 Å². The number of thiophene rings is 1. The number of aryl methyl sites for hydroxylation is 2. The van der Waals surface area contributed by atoms with Crippen LogP contribution in [0.1, 0.15) is 60.4 Å². The molecule has 0 radical (unpaired) electrons. The van der Waals surface area contributed by atoms with E-state index in [-0.39, 0.29) is 12.0 Å². The van der Waals surface area contributed by atoms with Gasteiger partial charge in [-0.1, -0.05) is 19.8 Å². The SMILES string of the molecule is CCCC(CN)C(O)c1cc2c(s1)CCCCC2. The zero-order chi connectivity index (χ0) is 13.0. The Hall–Kier alpha value is -0.380. The third-order valence-electron chi connectivity index (χ3n) is 3.97. The highest BCUT2D eigenvalue weighted by Gasteiger charge is 2.22. The van der Waals surface area contributed by atoms with Crippen LogP contribution in [0.2, 0.25) is 0 Å². The Morgan fingerprint density at radius 3 is 2.83 bits per heavy atom. The topological polar surface area (TPSA) is 46.2 Å². The largest absolute Gasteiger partial charge is 0.387 e. The van der Waals surface area contributed by atoms with Gasteiger partial charge in [-0.25, -0.2) is 0 Å². The Balaban J connectivity index is 2.12. The standard InChI is InChI=1S/C15H25NOS/c1-2-6-12(10-16)15(17)14-9-11-7-4-3-5-8-13(11)18-14/h9,12,15,17H,2-8,10,16H2,1H3. The molecule has 0 fully saturated rings. The monoisotopic (exact) mass is 267 g/mol. The normalized spacial score (nSPS) is 19.1. The van der Waals surface area contributed by atoms with Crippen molar-refractivity contribution in [2.24, 2.45) is 11.7 Å². The number of aliphatic hydroxyl groups is 1. The lowest BCUT2D eigenvalue weighted by atomic mass is 9.95. The summed E-state index contributed by atoms with van der Waals surface area (Å²) in [7, 11) is 0. The van der Waals surface area contributed by atoms with E-state index in [1.54, 1.807) is 0 Å². The van der Waals surface area contributed by atoms with Crippen LogP contribution in [-0.2, 0) is 12.8 Å². The molecule has 0 bridgehead atoms. The summed E-state index contributed by atoms with van der Waals surface area (Å²) in [5.74, 6) is 0.220. The number of hydrogen-bond donors (Lipinski definition) is 2. The highest BCUT2D eigenvalue weighted by atomic mass is 32.1. The van der Waals surface area contributed by atoms with Crippen molar-refractivity contribution in [3.63, 3.8) is 0 Å². The van der Waals surface area contributed by atoms with Crippen LogP contribution in [0.25, 0.3) is 0 Å². The van der Waals surface area contributed by atoms with Gasteiger partial charge in [0.25, 0.3) is 0 Å². The number of hydrogen-bond acceptors (Lipinski definition) is 3. The molecule has 0 amide bonds. The summed E-state index contributed by atoms with van der Waals surface area (Å²) in [4.78, 5) is 2.65. The van der Waals surface area contributed by atoms with E-state index in [0.29, 0.717) is 6.54 Å². The molecule has 0 saturated heterocycles. The Bertz CT molecular complexity index is 351. The zero-order valence-electron chi connectivity index (χ0n) is 11.3. The lowest BCUT2D eigenvalue weighted by molar-refractivity contribution is 0.110. The molecule has 18 heavy (non-hydrogen) atoms. The maximum absolute atomic E-state index is 10.5. The van der Waals surface area contributed by atoms with Crippen molar-refractivity contribution in [2.45, 2.75) is 58.0 Å². The van der Waals surface area contributed by atoms with Crippen LogP contribution in [0.15, 0.2) is 6.07 Å². The number of fused-ring (bicyclic) bond motifs is 1. The third kappa shape index (κ3) is 3.14. The summed E-state index contributed by atoms with van der Waals surface area (Å²) in [5.41, 5.74) is 7.27. The molecule has 2 unspecified atom stereocenters. The van der Waals surface area contributed by atoms with E-state index in [2.05, 4.69) is 13.0 Å².